The predicted octanol–water partition coefficient (Wildman–Crippen LogP) is 2.79. The zero-order valence-corrected chi connectivity index (χ0v) is 12.6. The molecule has 0 radical (unpaired) electrons. The van der Waals surface area contributed by atoms with E-state index in [-0.39, 0.29) is 18.5 Å². The van der Waals surface area contributed by atoms with Crippen molar-refractivity contribution < 1.29 is 19.1 Å². The van der Waals surface area contributed by atoms with E-state index < -0.39 is 23.7 Å². The SMILES string of the molecule is Cc1ccc(C(=O)N2Cc3ccccc3CC2C(=O)O)cc1F. The molecule has 1 amide bonds. The Morgan fingerprint density at radius 3 is 2.52 bits per heavy atom. The van der Waals surface area contributed by atoms with Gasteiger partial charge in [0.1, 0.15) is 11.9 Å². The zero-order valence-electron chi connectivity index (χ0n) is 12.6. The van der Waals surface area contributed by atoms with Crippen LogP contribution >= 0.6 is 0 Å². The number of aryl methyl sites for hydroxylation is 1. The minimum atomic E-state index is -1.06. The minimum Gasteiger partial charge on any atom is -0.480 e. The molecule has 0 saturated heterocycles. The highest BCUT2D eigenvalue weighted by molar-refractivity contribution is 5.97. The number of fused-ring (bicyclic) bond motifs is 1. The molecule has 1 aliphatic heterocycles. The van der Waals surface area contributed by atoms with Crippen LogP contribution in [0.2, 0.25) is 0 Å². The lowest BCUT2D eigenvalue weighted by Crippen LogP contribution is -2.48. The highest BCUT2D eigenvalue weighted by atomic mass is 19.1. The van der Waals surface area contributed by atoms with Crippen molar-refractivity contribution in [3.05, 3.63) is 70.5 Å². The van der Waals surface area contributed by atoms with Crippen molar-refractivity contribution in [3.8, 4) is 0 Å². The molecule has 0 fully saturated rings. The number of nitrogens with zero attached hydrogens (tertiary/aromatic N) is 1. The molecule has 2 aromatic rings. The molecule has 4 nitrogen and oxygen atoms in total. The number of carboxylic acid groups (broad SMARTS) is 1. The molecule has 1 aliphatic rings. The molecular weight excluding hydrogens is 297 g/mol. The number of halogens is 1. The van der Waals surface area contributed by atoms with Gasteiger partial charge >= 0.3 is 5.97 Å². The topological polar surface area (TPSA) is 57.6 Å². The Kier molecular flexibility index (Phi) is 3.86. The summed E-state index contributed by atoms with van der Waals surface area (Å²) in [6, 6.07) is 10.7. The molecule has 1 atom stereocenters. The predicted molar refractivity (Wildman–Crippen MR) is 82.6 cm³/mol. The van der Waals surface area contributed by atoms with E-state index in [1.807, 2.05) is 24.3 Å². The van der Waals surface area contributed by atoms with Gasteiger partial charge in [-0.15, -0.1) is 0 Å². The second-order valence-electron chi connectivity index (χ2n) is 5.72. The first kappa shape index (κ1) is 15.2. The summed E-state index contributed by atoms with van der Waals surface area (Å²) in [6.45, 7) is 1.82. The average Bonchev–Trinajstić information content (AvgIpc) is 2.55. The van der Waals surface area contributed by atoms with Gasteiger partial charge < -0.3 is 10.0 Å². The standard InChI is InChI=1S/C18H16FNO3/c1-11-6-7-13(8-15(11)19)17(21)20-10-14-5-3-2-4-12(14)9-16(20)18(22)23/h2-8,16H,9-10H2,1H3,(H,22,23). The maximum Gasteiger partial charge on any atom is 0.326 e. The summed E-state index contributed by atoms with van der Waals surface area (Å²) in [5, 5.41) is 9.46. The van der Waals surface area contributed by atoms with E-state index in [4.69, 9.17) is 0 Å². The van der Waals surface area contributed by atoms with E-state index >= 15 is 0 Å². The van der Waals surface area contributed by atoms with Crippen LogP contribution in [0.25, 0.3) is 0 Å². The number of benzene rings is 2. The summed E-state index contributed by atoms with van der Waals surface area (Å²) in [5.74, 6) is -1.99. The molecule has 0 aromatic heterocycles. The number of rotatable bonds is 2. The van der Waals surface area contributed by atoms with Crippen molar-refractivity contribution in [1.29, 1.82) is 0 Å². The molecule has 2 aromatic carbocycles. The number of aliphatic carboxylic acids is 1. The van der Waals surface area contributed by atoms with Crippen LogP contribution in [0.5, 0.6) is 0 Å². The quantitative estimate of drug-likeness (QED) is 0.927. The molecule has 0 bridgehead atoms. The van der Waals surface area contributed by atoms with Crippen LogP contribution in [-0.2, 0) is 17.8 Å². The van der Waals surface area contributed by atoms with E-state index in [1.165, 1.54) is 17.0 Å². The van der Waals surface area contributed by atoms with E-state index in [2.05, 4.69) is 0 Å². The molecule has 23 heavy (non-hydrogen) atoms. The first-order chi connectivity index (χ1) is 11.0. The Morgan fingerprint density at radius 2 is 1.87 bits per heavy atom. The van der Waals surface area contributed by atoms with Gasteiger partial charge in [0, 0.05) is 18.5 Å². The molecule has 5 heteroatoms. The van der Waals surface area contributed by atoms with Crippen molar-refractivity contribution in [2.45, 2.75) is 25.9 Å². The van der Waals surface area contributed by atoms with Gasteiger partial charge in [-0.05, 0) is 35.7 Å². The normalized spacial score (nSPS) is 16.8. The van der Waals surface area contributed by atoms with Gasteiger partial charge in [0.15, 0.2) is 0 Å². The highest BCUT2D eigenvalue weighted by Gasteiger charge is 2.35. The second kappa shape index (κ2) is 5.83. The smallest absolute Gasteiger partial charge is 0.326 e. The number of hydrogen-bond acceptors (Lipinski definition) is 2. The molecule has 118 valence electrons. The summed E-state index contributed by atoms with van der Waals surface area (Å²) in [4.78, 5) is 25.5. The fourth-order valence-electron chi connectivity index (χ4n) is 2.85. The molecule has 0 spiro atoms. The fraction of sp³-hybridized carbons (Fsp3) is 0.222. The average molecular weight is 313 g/mol. The number of carbonyl (C=O) groups excluding carboxylic acids is 1. The largest absolute Gasteiger partial charge is 0.480 e. The van der Waals surface area contributed by atoms with Crippen molar-refractivity contribution >= 4 is 11.9 Å². The highest BCUT2D eigenvalue weighted by Crippen LogP contribution is 2.25. The Balaban J connectivity index is 1.97. The summed E-state index contributed by atoms with van der Waals surface area (Å²) in [5.41, 5.74) is 2.46. The summed E-state index contributed by atoms with van der Waals surface area (Å²) in [6.07, 6.45) is 0.256. The molecule has 0 saturated carbocycles. The summed E-state index contributed by atoms with van der Waals surface area (Å²) < 4.78 is 13.7. The van der Waals surface area contributed by atoms with Crippen LogP contribution in [0.1, 0.15) is 27.0 Å². The Bertz CT molecular complexity index is 788. The van der Waals surface area contributed by atoms with E-state index in [0.29, 0.717) is 5.56 Å². The monoisotopic (exact) mass is 313 g/mol. The number of carboxylic acids is 1. The number of amides is 1. The van der Waals surface area contributed by atoms with Crippen molar-refractivity contribution in [2.24, 2.45) is 0 Å². The third-order valence-electron chi connectivity index (χ3n) is 4.21. The zero-order chi connectivity index (χ0) is 16.6. The maximum atomic E-state index is 13.7. The second-order valence-corrected chi connectivity index (χ2v) is 5.72. The van der Waals surface area contributed by atoms with Crippen molar-refractivity contribution in [2.75, 3.05) is 0 Å². The lowest BCUT2D eigenvalue weighted by Gasteiger charge is -2.34. The molecule has 0 aliphatic carbocycles. The lowest BCUT2D eigenvalue weighted by molar-refractivity contribution is -0.142. The van der Waals surface area contributed by atoms with Crippen molar-refractivity contribution in [1.82, 2.24) is 4.90 Å². The molecule has 1 unspecified atom stereocenters. The summed E-state index contributed by atoms with van der Waals surface area (Å²) >= 11 is 0. The first-order valence-electron chi connectivity index (χ1n) is 7.34. The first-order valence-corrected chi connectivity index (χ1v) is 7.34. The number of carbonyl (C=O) groups is 2. The van der Waals surface area contributed by atoms with E-state index in [9.17, 15) is 19.1 Å². The Hall–Kier alpha value is -2.69. The van der Waals surface area contributed by atoms with Crippen LogP contribution in [0.4, 0.5) is 4.39 Å². The third kappa shape index (κ3) is 2.82. The van der Waals surface area contributed by atoms with Gasteiger partial charge in [-0.2, -0.15) is 0 Å². The van der Waals surface area contributed by atoms with Crippen LogP contribution in [0.3, 0.4) is 0 Å². The molecule has 1 heterocycles. The Morgan fingerprint density at radius 1 is 1.17 bits per heavy atom. The van der Waals surface area contributed by atoms with Gasteiger partial charge in [-0.1, -0.05) is 30.3 Å². The minimum absolute atomic E-state index is 0.165. The van der Waals surface area contributed by atoms with Gasteiger partial charge in [-0.25, -0.2) is 9.18 Å². The van der Waals surface area contributed by atoms with E-state index in [0.717, 1.165) is 17.2 Å². The van der Waals surface area contributed by atoms with Crippen LogP contribution in [0.15, 0.2) is 42.5 Å². The fourth-order valence-corrected chi connectivity index (χ4v) is 2.85. The van der Waals surface area contributed by atoms with Gasteiger partial charge in [0.05, 0.1) is 0 Å². The molecule has 3 rings (SSSR count). The van der Waals surface area contributed by atoms with Gasteiger partial charge in [0.2, 0.25) is 0 Å². The lowest BCUT2D eigenvalue weighted by atomic mass is 9.93. The number of hydrogen-bond donors (Lipinski definition) is 1. The van der Waals surface area contributed by atoms with Crippen LogP contribution in [0, 0.1) is 12.7 Å². The third-order valence-corrected chi connectivity index (χ3v) is 4.21. The van der Waals surface area contributed by atoms with Crippen LogP contribution < -0.4 is 0 Å². The van der Waals surface area contributed by atoms with Crippen LogP contribution in [-0.4, -0.2) is 27.9 Å². The van der Waals surface area contributed by atoms with Crippen molar-refractivity contribution in [3.63, 3.8) is 0 Å². The Labute approximate surface area is 133 Å². The molecule has 1 N–H and O–H groups in total. The van der Waals surface area contributed by atoms with E-state index in [1.54, 1.807) is 6.92 Å². The maximum absolute atomic E-state index is 13.7. The summed E-state index contributed by atoms with van der Waals surface area (Å²) in [7, 11) is 0. The van der Waals surface area contributed by atoms with Gasteiger partial charge in [-0.3, -0.25) is 4.79 Å². The van der Waals surface area contributed by atoms with Gasteiger partial charge in [0.25, 0.3) is 5.91 Å². The molecular formula is C18H16FNO3.